The van der Waals surface area contributed by atoms with Crippen LogP contribution in [-0.2, 0) is 0 Å². The Balaban J connectivity index is 1.94. The van der Waals surface area contributed by atoms with Crippen LogP contribution in [0.5, 0.6) is 0 Å². The minimum Gasteiger partial charge on any atom is -0.338 e. The zero-order valence-electron chi connectivity index (χ0n) is 12.9. The van der Waals surface area contributed by atoms with Gasteiger partial charge in [-0.2, -0.15) is 0 Å². The molecule has 0 aromatic heterocycles. The maximum atomic E-state index is 12.5. The van der Waals surface area contributed by atoms with E-state index in [1.165, 1.54) is 12.0 Å². The molecule has 1 aliphatic rings. The number of likely N-dealkylation sites (tertiary alicyclic amines) is 1. The SMILES string of the molecule is Cc1ccc(C(=O)N2CCCC(CNC(C)C)C2)cc1. The number of nitrogens with one attached hydrogen (secondary N) is 1. The minimum absolute atomic E-state index is 0.180. The topological polar surface area (TPSA) is 32.3 Å². The highest BCUT2D eigenvalue weighted by Crippen LogP contribution is 2.18. The average Bonchev–Trinajstić information content (AvgIpc) is 2.45. The molecule has 20 heavy (non-hydrogen) atoms. The van der Waals surface area contributed by atoms with Gasteiger partial charge in [0.25, 0.3) is 5.91 Å². The van der Waals surface area contributed by atoms with E-state index in [0.717, 1.165) is 31.6 Å². The van der Waals surface area contributed by atoms with Crippen LogP contribution in [0.15, 0.2) is 24.3 Å². The first-order chi connectivity index (χ1) is 9.56. The fraction of sp³-hybridized carbons (Fsp3) is 0.588. The molecule has 1 aromatic rings. The van der Waals surface area contributed by atoms with Crippen LogP contribution in [0.3, 0.4) is 0 Å². The van der Waals surface area contributed by atoms with Crippen molar-refractivity contribution in [3.8, 4) is 0 Å². The first-order valence-corrected chi connectivity index (χ1v) is 7.65. The number of hydrogen-bond acceptors (Lipinski definition) is 2. The van der Waals surface area contributed by atoms with Crippen LogP contribution in [0.2, 0.25) is 0 Å². The third kappa shape index (κ3) is 4.07. The van der Waals surface area contributed by atoms with Crippen LogP contribution < -0.4 is 5.32 Å². The molecule has 3 heteroatoms. The van der Waals surface area contributed by atoms with Crippen LogP contribution in [-0.4, -0.2) is 36.5 Å². The lowest BCUT2D eigenvalue weighted by atomic mass is 9.97. The summed E-state index contributed by atoms with van der Waals surface area (Å²) < 4.78 is 0. The molecule has 1 unspecified atom stereocenters. The number of rotatable bonds is 4. The lowest BCUT2D eigenvalue weighted by molar-refractivity contribution is 0.0672. The molecule has 1 saturated heterocycles. The normalized spacial score (nSPS) is 19.4. The Kier molecular flexibility index (Phi) is 5.18. The number of carbonyl (C=O) groups is 1. The Labute approximate surface area is 122 Å². The molecule has 3 nitrogen and oxygen atoms in total. The second kappa shape index (κ2) is 6.89. The number of carbonyl (C=O) groups excluding carboxylic acids is 1. The van der Waals surface area contributed by atoms with E-state index < -0.39 is 0 Å². The third-order valence-electron chi connectivity index (χ3n) is 3.92. The summed E-state index contributed by atoms with van der Waals surface area (Å²) in [6, 6.07) is 8.41. The van der Waals surface area contributed by atoms with Crippen LogP contribution in [0.25, 0.3) is 0 Å². The van der Waals surface area contributed by atoms with E-state index in [-0.39, 0.29) is 5.91 Å². The first kappa shape index (κ1) is 15.0. The highest BCUT2D eigenvalue weighted by atomic mass is 16.2. The molecule has 1 amide bonds. The number of benzene rings is 1. The number of hydrogen-bond donors (Lipinski definition) is 1. The lowest BCUT2D eigenvalue weighted by Gasteiger charge is -2.33. The van der Waals surface area contributed by atoms with Gasteiger partial charge in [-0.25, -0.2) is 0 Å². The molecule has 0 saturated carbocycles. The van der Waals surface area contributed by atoms with Gasteiger partial charge < -0.3 is 10.2 Å². The van der Waals surface area contributed by atoms with Gasteiger partial charge in [-0.05, 0) is 44.4 Å². The highest BCUT2D eigenvalue weighted by molar-refractivity contribution is 5.94. The van der Waals surface area contributed by atoms with Crippen LogP contribution in [0.4, 0.5) is 0 Å². The summed E-state index contributed by atoms with van der Waals surface area (Å²) in [6.45, 7) is 9.16. The summed E-state index contributed by atoms with van der Waals surface area (Å²) in [5.41, 5.74) is 2.01. The first-order valence-electron chi connectivity index (χ1n) is 7.65. The molecule has 1 aliphatic heterocycles. The lowest BCUT2D eigenvalue weighted by Crippen LogP contribution is -2.43. The van der Waals surface area contributed by atoms with Crippen molar-refractivity contribution in [1.82, 2.24) is 10.2 Å². The molecular weight excluding hydrogens is 248 g/mol. The second-order valence-electron chi connectivity index (χ2n) is 6.19. The van der Waals surface area contributed by atoms with Crippen molar-refractivity contribution in [2.45, 2.75) is 39.7 Å². The van der Waals surface area contributed by atoms with Gasteiger partial charge in [-0.1, -0.05) is 31.5 Å². The monoisotopic (exact) mass is 274 g/mol. The summed E-state index contributed by atoms with van der Waals surface area (Å²) >= 11 is 0. The maximum Gasteiger partial charge on any atom is 0.253 e. The maximum absolute atomic E-state index is 12.5. The molecular formula is C17H26N2O. The predicted octanol–water partition coefficient (Wildman–Crippen LogP) is 2.85. The molecule has 0 bridgehead atoms. The fourth-order valence-electron chi connectivity index (χ4n) is 2.70. The van der Waals surface area contributed by atoms with Gasteiger partial charge in [0.2, 0.25) is 0 Å². The predicted molar refractivity (Wildman–Crippen MR) is 82.9 cm³/mol. The minimum atomic E-state index is 0.180. The van der Waals surface area contributed by atoms with E-state index in [0.29, 0.717) is 12.0 Å². The summed E-state index contributed by atoms with van der Waals surface area (Å²) in [7, 11) is 0. The largest absolute Gasteiger partial charge is 0.338 e. The van der Waals surface area contributed by atoms with Crippen molar-refractivity contribution in [1.29, 1.82) is 0 Å². The van der Waals surface area contributed by atoms with Crippen molar-refractivity contribution in [3.05, 3.63) is 35.4 Å². The van der Waals surface area contributed by atoms with E-state index >= 15 is 0 Å². The van der Waals surface area contributed by atoms with E-state index in [9.17, 15) is 4.79 Å². The zero-order valence-corrected chi connectivity index (χ0v) is 12.9. The van der Waals surface area contributed by atoms with Crippen molar-refractivity contribution < 1.29 is 4.79 Å². The molecule has 1 heterocycles. The van der Waals surface area contributed by atoms with Crippen LogP contribution in [0.1, 0.15) is 42.6 Å². The molecule has 0 aliphatic carbocycles. The Hall–Kier alpha value is -1.35. The Morgan fingerprint density at radius 3 is 2.70 bits per heavy atom. The number of amides is 1. The molecule has 0 spiro atoms. The summed E-state index contributed by atoms with van der Waals surface area (Å²) in [5.74, 6) is 0.764. The Bertz CT molecular complexity index is 439. The van der Waals surface area contributed by atoms with Gasteiger partial charge in [-0.3, -0.25) is 4.79 Å². The number of aryl methyl sites for hydroxylation is 1. The molecule has 110 valence electrons. The van der Waals surface area contributed by atoms with Gasteiger partial charge >= 0.3 is 0 Å². The van der Waals surface area contributed by atoms with Gasteiger partial charge in [0, 0.05) is 24.7 Å². The summed E-state index contributed by atoms with van der Waals surface area (Å²) in [5, 5.41) is 3.48. The number of nitrogens with zero attached hydrogens (tertiary/aromatic N) is 1. The molecule has 2 rings (SSSR count). The van der Waals surface area contributed by atoms with E-state index in [1.54, 1.807) is 0 Å². The van der Waals surface area contributed by atoms with E-state index in [1.807, 2.05) is 36.1 Å². The zero-order chi connectivity index (χ0) is 14.5. The Morgan fingerprint density at radius 2 is 2.05 bits per heavy atom. The third-order valence-corrected chi connectivity index (χ3v) is 3.92. The van der Waals surface area contributed by atoms with Crippen molar-refractivity contribution in [2.75, 3.05) is 19.6 Å². The quantitative estimate of drug-likeness (QED) is 0.915. The smallest absolute Gasteiger partial charge is 0.253 e. The second-order valence-corrected chi connectivity index (χ2v) is 6.19. The summed E-state index contributed by atoms with van der Waals surface area (Å²) in [6.07, 6.45) is 2.33. The fourth-order valence-corrected chi connectivity index (χ4v) is 2.70. The van der Waals surface area contributed by atoms with Crippen molar-refractivity contribution in [2.24, 2.45) is 5.92 Å². The van der Waals surface area contributed by atoms with Crippen LogP contribution >= 0.6 is 0 Å². The summed E-state index contributed by atoms with van der Waals surface area (Å²) in [4.78, 5) is 14.5. The molecule has 1 atom stereocenters. The van der Waals surface area contributed by atoms with Crippen molar-refractivity contribution in [3.63, 3.8) is 0 Å². The van der Waals surface area contributed by atoms with Crippen LogP contribution in [0, 0.1) is 12.8 Å². The van der Waals surface area contributed by atoms with Gasteiger partial charge in [-0.15, -0.1) is 0 Å². The number of piperidine rings is 1. The van der Waals surface area contributed by atoms with Gasteiger partial charge in [0.05, 0.1) is 0 Å². The highest BCUT2D eigenvalue weighted by Gasteiger charge is 2.24. The standard InChI is InChI=1S/C17H26N2O/c1-13(2)18-11-15-5-4-10-19(12-15)17(20)16-8-6-14(3)7-9-16/h6-9,13,15,18H,4-5,10-12H2,1-3H3. The van der Waals surface area contributed by atoms with E-state index in [2.05, 4.69) is 19.2 Å². The van der Waals surface area contributed by atoms with Crippen molar-refractivity contribution >= 4 is 5.91 Å². The molecule has 1 fully saturated rings. The Morgan fingerprint density at radius 1 is 1.35 bits per heavy atom. The molecule has 0 radical (unpaired) electrons. The van der Waals surface area contributed by atoms with E-state index in [4.69, 9.17) is 0 Å². The molecule has 1 aromatic carbocycles. The average molecular weight is 274 g/mol. The van der Waals surface area contributed by atoms with Gasteiger partial charge in [0.1, 0.15) is 0 Å². The molecule has 1 N–H and O–H groups in total. The van der Waals surface area contributed by atoms with Gasteiger partial charge in [0.15, 0.2) is 0 Å².